The molecule has 1 aromatic rings. The van der Waals surface area contributed by atoms with Gasteiger partial charge < -0.3 is 5.32 Å². The van der Waals surface area contributed by atoms with E-state index in [2.05, 4.69) is 17.6 Å². The minimum atomic E-state index is -0.0596. The van der Waals surface area contributed by atoms with Crippen LogP contribution in [0.4, 0.5) is 0 Å². The third-order valence-corrected chi connectivity index (χ3v) is 3.38. The summed E-state index contributed by atoms with van der Waals surface area (Å²) in [6.45, 7) is 2.88. The number of rotatable bonds is 4. The lowest BCUT2D eigenvalue weighted by molar-refractivity contribution is -0.121. The van der Waals surface area contributed by atoms with Gasteiger partial charge in [0.2, 0.25) is 5.91 Å². The molecule has 2 rings (SSSR count). The predicted molar refractivity (Wildman–Crippen MR) is 69.0 cm³/mol. The first kappa shape index (κ1) is 12.4. The lowest BCUT2D eigenvalue weighted by atomic mass is 10.0. The standard InChI is InChI=1S/C13H17ClN2O/c1-2-11(9-3-5-10(14)6-4-9)16-12-7-8-15-13(12)17/h3-6,11-12,16H,2,7-8H2,1H3,(H,15,17). The van der Waals surface area contributed by atoms with Crippen molar-refractivity contribution in [2.45, 2.75) is 31.8 Å². The number of amides is 1. The second-order valence-corrected chi connectivity index (χ2v) is 4.75. The van der Waals surface area contributed by atoms with Crippen LogP contribution in [0.3, 0.4) is 0 Å². The molecule has 0 bridgehead atoms. The van der Waals surface area contributed by atoms with E-state index in [1.54, 1.807) is 0 Å². The second kappa shape index (κ2) is 5.52. The smallest absolute Gasteiger partial charge is 0.237 e. The van der Waals surface area contributed by atoms with E-state index in [1.807, 2.05) is 24.3 Å². The molecule has 1 aliphatic rings. The Balaban J connectivity index is 2.05. The number of hydrogen-bond acceptors (Lipinski definition) is 2. The first-order valence-electron chi connectivity index (χ1n) is 6.00. The van der Waals surface area contributed by atoms with Crippen LogP contribution in [0, 0.1) is 0 Å². The first-order valence-corrected chi connectivity index (χ1v) is 6.37. The highest BCUT2D eigenvalue weighted by atomic mass is 35.5. The molecule has 0 radical (unpaired) electrons. The van der Waals surface area contributed by atoms with Gasteiger partial charge >= 0.3 is 0 Å². The first-order chi connectivity index (χ1) is 8.20. The van der Waals surface area contributed by atoms with Crippen molar-refractivity contribution < 1.29 is 4.79 Å². The van der Waals surface area contributed by atoms with Crippen LogP contribution in [-0.2, 0) is 4.79 Å². The van der Waals surface area contributed by atoms with E-state index < -0.39 is 0 Å². The fraction of sp³-hybridized carbons (Fsp3) is 0.462. The van der Waals surface area contributed by atoms with Crippen molar-refractivity contribution in [2.24, 2.45) is 0 Å². The maximum atomic E-state index is 11.5. The minimum Gasteiger partial charge on any atom is -0.355 e. The van der Waals surface area contributed by atoms with Crippen LogP contribution in [0.1, 0.15) is 31.4 Å². The molecule has 0 spiro atoms. The summed E-state index contributed by atoms with van der Waals surface area (Å²) in [5.41, 5.74) is 1.18. The van der Waals surface area contributed by atoms with Crippen molar-refractivity contribution in [3.8, 4) is 0 Å². The normalized spacial score (nSPS) is 21.3. The molecule has 1 aromatic carbocycles. The van der Waals surface area contributed by atoms with Crippen LogP contribution in [0.15, 0.2) is 24.3 Å². The Morgan fingerprint density at radius 3 is 2.71 bits per heavy atom. The monoisotopic (exact) mass is 252 g/mol. The predicted octanol–water partition coefficient (Wildman–Crippen LogP) is 2.27. The molecule has 0 saturated carbocycles. The highest BCUT2D eigenvalue weighted by molar-refractivity contribution is 6.30. The van der Waals surface area contributed by atoms with Gasteiger partial charge in [-0.1, -0.05) is 30.7 Å². The third kappa shape index (κ3) is 2.99. The molecule has 17 heavy (non-hydrogen) atoms. The number of benzene rings is 1. The van der Waals surface area contributed by atoms with Crippen molar-refractivity contribution >= 4 is 17.5 Å². The van der Waals surface area contributed by atoms with Gasteiger partial charge in [0.05, 0.1) is 6.04 Å². The minimum absolute atomic E-state index is 0.0596. The number of hydrogen-bond donors (Lipinski definition) is 2. The molecule has 0 aliphatic carbocycles. The molecule has 2 unspecified atom stereocenters. The summed E-state index contributed by atoms with van der Waals surface area (Å²) in [6, 6.07) is 7.94. The maximum Gasteiger partial charge on any atom is 0.237 e. The van der Waals surface area contributed by atoms with E-state index in [0.29, 0.717) is 0 Å². The molecule has 2 atom stereocenters. The van der Waals surface area contributed by atoms with Crippen LogP contribution in [0.5, 0.6) is 0 Å². The highest BCUT2D eigenvalue weighted by Gasteiger charge is 2.26. The quantitative estimate of drug-likeness (QED) is 0.863. The van der Waals surface area contributed by atoms with Gasteiger partial charge in [-0.05, 0) is 30.5 Å². The summed E-state index contributed by atoms with van der Waals surface area (Å²) in [6.07, 6.45) is 1.81. The van der Waals surface area contributed by atoms with Crippen molar-refractivity contribution in [1.82, 2.24) is 10.6 Å². The van der Waals surface area contributed by atoms with Crippen LogP contribution < -0.4 is 10.6 Å². The molecule has 92 valence electrons. The highest BCUT2D eigenvalue weighted by Crippen LogP contribution is 2.20. The van der Waals surface area contributed by atoms with E-state index in [4.69, 9.17) is 11.6 Å². The van der Waals surface area contributed by atoms with Crippen LogP contribution in [0.2, 0.25) is 5.02 Å². The summed E-state index contributed by atoms with van der Waals surface area (Å²) in [7, 11) is 0. The van der Waals surface area contributed by atoms with Gasteiger partial charge in [-0.2, -0.15) is 0 Å². The van der Waals surface area contributed by atoms with Crippen molar-refractivity contribution in [2.75, 3.05) is 6.54 Å². The number of nitrogens with one attached hydrogen (secondary N) is 2. The number of carbonyl (C=O) groups excluding carboxylic acids is 1. The lowest BCUT2D eigenvalue weighted by Gasteiger charge is -2.20. The molecule has 1 fully saturated rings. The van der Waals surface area contributed by atoms with Gasteiger partial charge in [-0.25, -0.2) is 0 Å². The zero-order chi connectivity index (χ0) is 12.3. The molecule has 1 aliphatic heterocycles. The van der Waals surface area contributed by atoms with Crippen molar-refractivity contribution in [3.63, 3.8) is 0 Å². The van der Waals surface area contributed by atoms with Crippen LogP contribution in [-0.4, -0.2) is 18.5 Å². The summed E-state index contributed by atoms with van der Waals surface area (Å²) < 4.78 is 0. The van der Waals surface area contributed by atoms with Gasteiger partial charge in [-0.3, -0.25) is 10.1 Å². The van der Waals surface area contributed by atoms with Gasteiger partial charge in [0, 0.05) is 17.6 Å². The van der Waals surface area contributed by atoms with Gasteiger partial charge in [0.15, 0.2) is 0 Å². The van der Waals surface area contributed by atoms with Crippen LogP contribution in [0.25, 0.3) is 0 Å². The van der Waals surface area contributed by atoms with E-state index in [0.717, 1.165) is 24.4 Å². The zero-order valence-electron chi connectivity index (χ0n) is 9.87. The Bertz CT molecular complexity index is 391. The topological polar surface area (TPSA) is 41.1 Å². The van der Waals surface area contributed by atoms with E-state index in [-0.39, 0.29) is 18.0 Å². The van der Waals surface area contributed by atoms with E-state index in [9.17, 15) is 4.79 Å². The summed E-state index contributed by atoms with van der Waals surface area (Å²) in [5, 5.41) is 6.97. The molecule has 4 heteroatoms. The average molecular weight is 253 g/mol. The maximum absolute atomic E-state index is 11.5. The third-order valence-electron chi connectivity index (χ3n) is 3.13. The molecular weight excluding hydrogens is 236 g/mol. The molecule has 1 saturated heterocycles. The molecule has 2 N–H and O–H groups in total. The Morgan fingerprint density at radius 2 is 2.18 bits per heavy atom. The fourth-order valence-corrected chi connectivity index (χ4v) is 2.27. The summed E-state index contributed by atoms with van der Waals surface area (Å²) in [5.74, 6) is 0.109. The van der Waals surface area contributed by atoms with E-state index in [1.165, 1.54) is 5.56 Å². The molecule has 0 aromatic heterocycles. The van der Waals surface area contributed by atoms with Gasteiger partial charge in [-0.15, -0.1) is 0 Å². The molecule has 1 heterocycles. The van der Waals surface area contributed by atoms with Crippen molar-refractivity contribution in [3.05, 3.63) is 34.9 Å². The lowest BCUT2D eigenvalue weighted by Crippen LogP contribution is -2.38. The van der Waals surface area contributed by atoms with Gasteiger partial charge in [0.25, 0.3) is 0 Å². The van der Waals surface area contributed by atoms with Crippen LogP contribution >= 0.6 is 11.6 Å². The zero-order valence-corrected chi connectivity index (χ0v) is 10.6. The summed E-state index contributed by atoms with van der Waals surface area (Å²) in [4.78, 5) is 11.5. The molecule has 1 amide bonds. The Kier molecular flexibility index (Phi) is 4.02. The van der Waals surface area contributed by atoms with E-state index >= 15 is 0 Å². The molecular formula is C13H17ClN2O. The van der Waals surface area contributed by atoms with Gasteiger partial charge in [0.1, 0.15) is 0 Å². The number of carbonyl (C=O) groups is 1. The Hall–Kier alpha value is -1.06. The fourth-order valence-electron chi connectivity index (χ4n) is 2.14. The SMILES string of the molecule is CCC(NC1CCNC1=O)c1ccc(Cl)cc1. The molecule has 3 nitrogen and oxygen atoms in total. The Morgan fingerprint density at radius 1 is 1.47 bits per heavy atom. The average Bonchev–Trinajstić information content (AvgIpc) is 2.73. The summed E-state index contributed by atoms with van der Waals surface area (Å²) >= 11 is 5.87. The largest absolute Gasteiger partial charge is 0.355 e. The Labute approximate surface area is 107 Å². The second-order valence-electron chi connectivity index (χ2n) is 4.31. The van der Waals surface area contributed by atoms with Crippen molar-refractivity contribution in [1.29, 1.82) is 0 Å². The number of halogens is 1.